The molecule has 0 bridgehead atoms. The number of anilines is 1. The van der Waals surface area contributed by atoms with Gasteiger partial charge in [-0.2, -0.15) is 0 Å². The maximum absolute atomic E-state index is 5.60. The third-order valence-corrected chi connectivity index (χ3v) is 3.89. The van der Waals surface area contributed by atoms with Crippen molar-refractivity contribution in [3.63, 3.8) is 0 Å². The Labute approximate surface area is 111 Å². The van der Waals surface area contributed by atoms with Gasteiger partial charge < -0.3 is 10.6 Å². The molecule has 18 heavy (non-hydrogen) atoms. The Morgan fingerprint density at radius 1 is 1.28 bits per heavy atom. The normalized spacial score (nSPS) is 17.1. The number of para-hydroxylation sites is 1. The molecule has 2 heteroatoms. The molecule has 0 fully saturated rings. The van der Waals surface area contributed by atoms with Crippen LogP contribution < -0.4 is 10.6 Å². The minimum absolute atomic E-state index is 0.736. The van der Waals surface area contributed by atoms with Crippen LogP contribution in [0.25, 0.3) is 0 Å². The van der Waals surface area contributed by atoms with Gasteiger partial charge in [-0.05, 0) is 56.2 Å². The lowest BCUT2D eigenvalue weighted by molar-refractivity contribution is 0.501. The van der Waals surface area contributed by atoms with Crippen molar-refractivity contribution in [2.75, 3.05) is 24.5 Å². The van der Waals surface area contributed by atoms with Crippen molar-refractivity contribution in [2.24, 2.45) is 11.7 Å². The summed E-state index contributed by atoms with van der Waals surface area (Å²) in [7, 11) is 0. The first-order chi connectivity index (χ1) is 8.81. The van der Waals surface area contributed by atoms with E-state index in [9.17, 15) is 0 Å². The van der Waals surface area contributed by atoms with Gasteiger partial charge in [-0.15, -0.1) is 0 Å². The van der Waals surface area contributed by atoms with Gasteiger partial charge in [0.25, 0.3) is 0 Å². The largest absolute Gasteiger partial charge is 0.371 e. The number of fused-ring (bicyclic) bond motifs is 1. The van der Waals surface area contributed by atoms with Crippen LogP contribution in [0.15, 0.2) is 24.3 Å². The van der Waals surface area contributed by atoms with Crippen LogP contribution in [0.3, 0.4) is 0 Å². The molecule has 0 aliphatic carbocycles. The standard InChI is InChI=1S/C16H26N2/c1-14(7-6-11-17)13-18-12-5-4-9-15-8-2-3-10-16(15)18/h2-3,8,10,14H,4-7,9,11-13,17H2,1H3. The number of rotatable bonds is 5. The minimum Gasteiger partial charge on any atom is -0.371 e. The lowest BCUT2D eigenvalue weighted by Gasteiger charge is -2.28. The number of nitrogens with two attached hydrogens (primary N) is 1. The van der Waals surface area contributed by atoms with Crippen molar-refractivity contribution >= 4 is 5.69 Å². The summed E-state index contributed by atoms with van der Waals surface area (Å²) in [6, 6.07) is 8.91. The summed E-state index contributed by atoms with van der Waals surface area (Å²) in [6.45, 7) is 5.56. The lowest BCUT2D eigenvalue weighted by atomic mass is 10.0. The van der Waals surface area contributed by atoms with E-state index in [4.69, 9.17) is 5.73 Å². The van der Waals surface area contributed by atoms with Gasteiger partial charge in [-0.3, -0.25) is 0 Å². The smallest absolute Gasteiger partial charge is 0.0398 e. The van der Waals surface area contributed by atoms with E-state index in [1.807, 2.05) is 0 Å². The molecule has 0 aromatic heterocycles. The van der Waals surface area contributed by atoms with Gasteiger partial charge in [-0.1, -0.05) is 25.1 Å². The zero-order valence-corrected chi connectivity index (χ0v) is 11.6. The van der Waals surface area contributed by atoms with E-state index in [-0.39, 0.29) is 0 Å². The average Bonchev–Trinajstić information content (AvgIpc) is 2.59. The topological polar surface area (TPSA) is 29.3 Å². The second-order valence-corrected chi connectivity index (χ2v) is 5.57. The fourth-order valence-corrected chi connectivity index (χ4v) is 2.89. The quantitative estimate of drug-likeness (QED) is 0.864. The molecular formula is C16H26N2. The number of benzene rings is 1. The predicted molar refractivity (Wildman–Crippen MR) is 79.0 cm³/mol. The van der Waals surface area contributed by atoms with Crippen LogP contribution in [0, 0.1) is 5.92 Å². The third kappa shape index (κ3) is 3.49. The van der Waals surface area contributed by atoms with E-state index in [2.05, 4.69) is 36.1 Å². The third-order valence-electron chi connectivity index (χ3n) is 3.89. The Bertz CT molecular complexity index is 362. The molecule has 2 N–H and O–H groups in total. The van der Waals surface area contributed by atoms with Gasteiger partial charge in [0.2, 0.25) is 0 Å². The highest BCUT2D eigenvalue weighted by Gasteiger charge is 2.16. The molecule has 0 saturated carbocycles. The number of aryl methyl sites for hydroxylation is 1. The summed E-state index contributed by atoms with van der Waals surface area (Å²) in [5, 5.41) is 0. The molecule has 1 atom stereocenters. The number of hydrogen-bond donors (Lipinski definition) is 1. The molecule has 0 amide bonds. The van der Waals surface area contributed by atoms with E-state index in [0.717, 1.165) is 18.9 Å². The first-order valence-electron chi connectivity index (χ1n) is 7.34. The van der Waals surface area contributed by atoms with Crippen molar-refractivity contribution in [1.29, 1.82) is 0 Å². The van der Waals surface area contributed by atoms with Crippen molar-refractivity contribution in [3.8, 4) is 0 Å². The Hall–Kier alpha value is -1.02. The SMILES string of the molecule is CC(CCCN)CN1CCCCc2ccccc21. The number of hydrogen-bond acceptors (Lipinski definition) is 2. The Morgan fingerprint density at radius 2 is 2.11 bits per heavy atom. The summed E-state index contributed by atoms with van der Waals surface area (Å²) in [4.78, 5) is 2.59. The van der Waals surface area contributed by atoms with Crippen molar-refractivity contribution in [2.45, 2.75) is 39.0 Å². The highest BCUT2D eigenvalue weighted by Crippen LogP contribution is 2.27. The second-order valence-electron chi connectivity index (χ2n) is 5.57. The minimum atomic E-state index is 0.736. The van der Waals surface area contributed by atoms with Crippen molar-refractivity contribution in [3.05, 3.63) is 29.8 Å². The van der Waals surface area contributed by atoms with Crippen LogP contribution in [0.1, 0.15) is 38.2 Å². The fourth-order valence-electron chi connectivity index (χ4n) is 2.89. The van der Waals surface area contributed by atoms with E-state index in [1.165, 1.54) is 50.0 Å². The van der Waals surface area contributed by atoms with Crippen LogP contribution >= 0.6 is 0 Å². The zero-order valence-electron chi connectivity index (χ0n) is 11.6. The Kier molecular flexibility index (Phi) is 5.06. The summed E-state index contributed by atoms with van der Waals surface area (Å²) in [5.74, 6) is 0.736. The van der Waals surface area contributed by atoms with Gasteiger partial charge >= 0.3 is 0 Å². The molecule has 1 unspecified atom stereocenters. The molecule has 1 heterocycles. The lowest BCUT2D eigenvalue weighted by Crippen LogP contribution is -2.29. The average molecular weight is 246 g/mol. The Balaban J connectivity index is 2.03. The molecule has 0 saturated heterocycles. The zero-order chi connectivity index (χ0) is 12.8. The molecular weight excluding hydrogens is 220 g/mol. The van der Waals surface area contributed by atoms with Crippen molar-refractivity contribution < 1.29 is 0 Å². The summed E-state index contributed by atoms with van der Waals surface area (Å²) in [5.41, 5.74) is 8.59. The van der Waals surface area contributed by atoms with Gasteiger partial charge in [0.1, 0.15) is 0 Å². The van der Waals surface area contributed by atoms with Gasteiger partial charge in [0.05, 0.1) is 0 Å². The molecule has 2 rings (SSSR count). The molecule has 1 aliphatic heterocycles. The molecule has 0 spiro atoms. The molecule has 1 aromatic carbocycles. The van der Waals surface area contributed by atoms with Gasteiger partial charge in [0.15, 0.2) is 0 Å². The second kappa shape index (κ2) is 6.79. The fraction of sp³-hybridized carbons (Fsp3) is 0.625. The molecule has 2 nitrogen and oxygen atoms in total. The van der Waals surface area contributed by atoms with Crippen molar-refractivity contribution in [1.82, 2.24) is 0 Å². The first kappa shape index (κ1) is 13.4. The van der Waals surface area contributed by atoms with E-state index in [1.54, 1.807) is 0 Å². The molecule has 1 aromatic rings. The summed E-state index contributed by atoms with van der Waals surface area (Å²) < 4.78 is 0. The monoisotopic (exact) mass is 246 g/mol. The van der Waals surface area contributed by atoms with E-state index in [0.29, 0.717) is 0 Å². The van der Waals surface area contributed by atoms with Crippen LogP contribution in [0.2, 0.25) is 0 Å². The Morgan fingerprint density at radius 3 is 2.94 bits per heavy atom. The van der Waals surface area contributed by atoms with Crippen LogP contribution in [0.5, 0.6) is 0 Å². The highest BCUT2D eigenvalue weighted by molar-refractivity contribution is 5.54. The van der Waals surface area contributed by atoms with Crippen LogP contribution in [0.4, 0.5) is 5.69 Å². The molecule has 1 aliphatic rings. The van der Waals surface area contributed by atoms with Gasteiger partial charge in [-0.25, -0.2) is 0 Å². The van der Waals surface area contributed by atoms with Gasteiger partial charge in [0, 0.05) is 18.8 Å². The van der Waals surface area contributed by atoms with Crippen LogP contribution in [-0.4, -0.2) is 19.6 Å². The molecule has 0 radical (unpaired) electrons. The molecule has 100 valence electrons. The van der Waals surface area contributed by atoms with E-state index < -0.39 is 0 Å². The maximum atomic E-state index is 5.60. The number of nitrogens with zero attached hydrogens (tertiary/aromatic N) is 1. The first-order valence-corrected chi connectivity index (χ1v) is 7.34. The maximum Gasteiger partial charge on any atom is 0.0398 e. The predicted octanol–water partition coefficient (Wildman–Crippen LogP) is 3.20. The van der Waals surface area contributed by atoms with Crippen LogP contribution in [-0.2, 0) is 6.42 Å². The highest BCUT2D eigenvalue weighted by atomic mass is 15.1. The summed E-state index contributed by atoms with van der Waals surface area (Å²) >= 11 is 0. The summed E-state index contributed by atoms with van der Waals surface area (Å²) in [6.07, 6.45) is 6.28. The van der Waals surface area contributed by atoms with E-state index >= 15 is 0 Å².